The third kappa shape index (κ3) is 5.60. The fourth-order valence-electron chi connectivity index (χ4n) is 2.08. The van der Waals surface area contributed by atoms with Crippen molar-refractivity contribution in [2.24, 2.45) is 5.92 Å². The minimum absolute atomic E-state index is 0.0301. The fraction of sp³-hybridized carbons (Fsp3) is 0.263. The van der Waals surface area contributed by atoms with Crippen LogP contribution in [-0.2, 0) is 11.2 Å². The Morgan fingerprint density at radius 2 is 1.84 bits per heavy atom. The lowest BCUT2D eigenvalue weighted by atomic mass is 10.1. The monoisotopic (exact) mass is 363 g/mol. The second-order valence-corrected chi connectivity index (χ2v) is 6.45. The summed E-state index contributed by atoms with van der Waals surface area (Å²) in [5, 5.41) is 2.67. The number of rotatable bonds is 6. The van der Waals surface area contributed by atoms with Crippen molar-refractivity contribution in [1.29, 1.82) is 0 Å². The molecule has 0 bridgehead atoms. The van der Waals surface area contributed by atoms with Gasteiger partial charge in [0.15, 0.2) is 5.05 Å². The highest BCUT2D eigenvalue weighted by Crippen LogP contribution is 2.21. The highest BCUT2D eigenvalue weighted by Gasteiger charge is 2.15. The van der Waals surface area contributed by atoms with Crippen LogP contribution in [0.5, 0.6) is 0 Å². The lowest BCUT2D eigenvalue weighted by molar-refractivity contribution is 0.102. The van der Waals surface area contributed by atoms with Gasteiger partial charge >= 0.3 is 0 Å². The predicted molar refractivity (Wildman–Crippen MR) is 97.8 cm³/mol. The molecule has 0 spiro atoms. The summed E-state index contributed by atoms with van der Waals surface area (Å²) in [7, 11) is 0. The zero-order chi connectivity index (χ0) is 18.4. The molecule has 0 heterocycles. The summed E-state index contributed by atoms with van der Waals surface area (Å²) in [4.78, 5) is 12.1. The normalized spacial score (nSPS) is 10.6. The summed E-state index contributed by atoms with van der Waals surface area (Å²) in [6.45, 7) is 4.37. The van der Waals surface area contributed by atoms with E-state index in [-0.39, 0.29) is 28.6 Å². The molecule has 2 aromatic rings. The zero-order valence-corrected chi connectivity index (χ0v) is 14.8. The van der Waals surface area contributed by atoms with E-state index in [1.807, 2.05) is 13.8 Å². The van der Waals surface area contributed by atoms with Gasteiger partial charge in [-0.05, 0) is 41.9 Å². The quantitative estimate of drug-likeness (QED) is 0.752. The molecule has 6 heteroatoms. The maximum Gasteiger partial charge on any atom is 0.255 e. The van der Waals surface area contributed by atoms with Gasteiger partial charge in [-0.2, -0.15) is 0 Å². The molecule has 0 saturated heterocycles. The smallest absolute Gasteiger partial charge is 0.255 e. The van der Waals surface area contributed by atoms with Gasteiger partial charge in [-0.3, -0.25) is 4.79 Å². The molecule has 1 amide bonds. The average Bonchev–Trinajstić information content (AvgIpc) is 2.58. The van der Waals surface area contributed by atoms with Crippen molar-refractivity contribution in [3.05, 3.63) is 65.2 Å². The van der Waals surface area contributed by atoms with Crippen molar-refractivity contribution >= 4 is 28.9 Å². The van der Waals surface area contributed by atoms with Crippen LogP contribution in [0.25, 0.3) is 0 Å². The van der Waals surface area contributed by atoms with Gasteiger partial charge in [-0.1, -0.05) is 32.0 Å². The van der Waals surface area contributed by atoms with Crippen LogP contribution in [0.2, 0.25) is 0 Å². The van der Waals surface area contributed by atoms with E-state index in [1.165, 1.54) is 6.07 Å². The van der Waals surface area contributed by atoms with E-state index < -0.39 is 17.5 Å². The molecule has 0 radical (unpaired) electrons. The summed E-state index contributed by atoms with van der Waals surface area (Å²) in [6, 6.07) is 10.4. The molecular weight excluding hydrogens is 344 g/mol. The molecule has 1 N–H and O–H groups in total. The number of halogens is 2. The number of hydrogen-bond acceptors (Lipinski definition) is 3. The SMILES string of the molecule is CC(C)COC(=S)Cc1cc(NC(=O)c2ccccc2)c(F)cc1F. The molecule has 0 aliphatic carbocycles. The average molecular weight is 363 g/mol. The molecule has 2 aromatic carbocycles. The molecule has 3 nitrogen and oxygen atoms in total. The lowest BCUT2D eigenvalue weighted by Crippen LogP contribution is -2.15. The van der Waals surface area contributed by atoms with Crippen LogP contribution in [-0.4, -0.2) is 17.6 Å². The molecule has 0 fully saturated rings. The number of carbonyl (C=O) groups is 1. The number of benzene rings is 2. The molecular formula is C19H19F2NO2S. The molecule has 0 aliphatic rings. The molecule has 0 aliphatic heterocycles. The first-order valence-electron chi connectivity index (χ1n) is 7.86. The van der Waals surface area contributed by atoms with E-state index in [4.69, 9.17) is 17.0 Å². The highest BCUT2D eigenvalue weighted by atomic mass is 32.1. The summed E-state index contributed by atoms with van der Waals surface area (Å²) < 4.78 is 33.3. The van der Waals surface area contributed by atoms with E-state index >= 15 is 0 Å². The molecule has 0 saturated carbocycles. The van der Waals surface area contributed by atoms with Crippen LogP contribution in [0, 0.1) is 17.6 Å². The van der Waals surface area contributed by atoms with Gasteiger partial charge in [0.05, 0.1) is 12.3 Å². The van der Waals surface area contributed by atoms with Gasteiger partial charge in [0.2, 0.25) is 0 Å². The van der Waals surface area contributed by atoms with E-state index in [0.29, 0.717) is 12.2 Å². The first-order valence-corrected chi connectivity index (χ1v) is 8.27. The van der Waals surface area contributed by atoms with E-state index in [1.54, 1.807) is 30.3 Å². The van der Waals surface area contributed by atoms with Crippen molar-refractivity contribution in [2.45, 2.75) is 20.3 Å². The molecule has 0 atom stereocenters. The Morgan fingerprint density at radius 3 is 2.48 bits per heavy atom. The summed E-state index contributed by atoms with van der Waals surface area (Å²) in [5.41, 5.74) is 0.444. The molecule has 132 valence electrons. The van der Waals surface area contributed by atoms with Gasteiger partial charge in [0, 0.05) is 18.1 Å². The maximum atomic E-state index is 14.0. The highest BCUT2D eigenvalue weighted by molar-refractivity contribution is 7.80. The molecule has 2 rings (SSSR count). The van der Waals surface area contributed by atoms with Crippen molar-refractivity contribution in [3.63, 3.8) is 0 Å². The van der Waals surface area contributed by atoms with E-state index in [2.05, 4.69) is 5.32 Å². The topological polar surface area (TPSA) is 38.3 Å². The fourth-order valence-corrected chi connectivity index (χ4v) is 2.30. The Morgan fingerprint density at radius 1 is 1.16 bits per heavy atom. The summed E-state index contributed by atoms with van der Waals surface area (Å²) in [5.74, 6) is -1.77. The second-order valence-electron chi connectivity index (χ2n) is 6.00. The number of ether oxygens (including phenoxy) is 1. The Hall–Kier alpha value is -2.34. The number of thiocarbonyl (C=S) groups is 1. The van der Waals surface area contributed by atoms with Crippen molar-refractivity contribution < 1.29 is 18.3 Å². The van der Waals surface area contributed by atoms with Gasteiger partial charge in [0.25, 0.3) is 5.91 Å². The second kappa shape index (κ2) is 8.67. The minimum atomic E-state index is -0.848. The first kappa shape index (κ1) is 19.0. The zero-order valence-electron chi connectivity index (χ0n) is 14.0. The van der Waals surface area contributed by atoms with Gasteiger partial charge in [0.1, 0.15) is 11.6 Å². The number of anilines is 1. The predicted octanol–water partition coefficient (Wildman–Crippen LogP) is 4.76. The van der Waals surface area contributed by atoms with Crippen LogP contribution in [0.4, 0.5) is 14.5 Å². The standard InChI is InChI=1S/C19H19F2NO2S/c1-12(2)11-24-18(25)9-14-8-17(16(21)10-15(14)20)22-19(23)13-6-4-3-5-7-13/h3-8,10,12H,9,11H2,1-2H3,(H,22,23). The maximum absolute atomic E-state index is 14.0. The van der Waals surface area contributed by atoms with Gasteiger partial charge < -0.3 is 10.1 Å². The van der Waals surface area contributed by atoms with E-state index in [9.17, 15) is 13.6 Å². The van der Waals surface area contributed by atoms with Crippen LogP contribution in [0.15, 0.2) is 42.5 Å². The van der Waals surface area contributed by atoms with Crippen molar-refractivity contribution in [1.82, 2.24) is 0 Å². The summed E-state index contributed by atoms with van der Waals surface area (Å²) >= 11 is 5.08. The van der Waals surface area contributed by atoms with Crippen LogP contribution < -0.4 is 5.32 Å². The Kier molecular flexibility index (Phi) is 6.58. The Bertz CT molecular complexity index is 764. The van der Waals surface area contributed by atoms with Crippen molar-refractivity contribution in [2.75, 3.05) is 11.9 Å². The first-order chi connectivity index (χ1) is 11.9. The molecule has 0 unspecified atom stereocenters. The molecule has 0 aromatic heterocycles. The number of hydrogen-bond donors (Lipinski definition) is 1. The number of carbonyl (C=O) groups excluding carboxylic acids is 1. The molecule has 25 heavy (non-hydrogen) atoms. The lowest BCUT2D eigenvalue weighted by Gasteiger charge is -2.12. The Balaban J connectivity index is 2.14. The van der Waals surface area contributed by atoms with Gasteiger partial charge in [-0.15, -0.1) is 0 Å². The third-order valence-corrected chi connectivity index (χ3v) is 3.59. The van der Waals surface area contributed by atoms with Crippen LogP contribution >= 0.6 is 12.2 Å². The summed E-state index contributed by atoms with van der Waals surface area (Å²) in [6.07, 6.45) is 0.0301. The van der Waals surface area contributed by atoms with Gasteiger partial charge in [-0.25, -0.2) is 8.78 Å². The largest absolute Gasteiger partial charge is 0.486 e. The van der Waals surface area contributed by atoms with Crippen LogP contribution in [0.1, 0.15) is 29.8 Å². The minimum Gasteiger partial charge on any atom is -0.486 e. The number of nitrogens with one attached hydrogen (secondary N) is 1. The third-order valence-electron chi connectivity index (χ3n) is 3.33. The van der Waals surface area contributed by atoms with Crippen LogP contribution in [0.3, 0.4) is 0 Å². The van der Waals surface area contributed by atoms with E-state index in [0.717, 1.165) is 6.07 Å². The number of amides is 1. The Labute approximate surface area is 151 Å². The van der Waals surface area contributed by atoms with Crippen molar-refractivity contribution in [3.8, 4) is 0 Å².